The molecule has 8 heteroatoms. The van der Waals surface area contributed by atoms with Gasteiger partial charge in [0.25, 0.3) is 5.91 Å². The predicted molar refractivity (Wildman–Crippen MR) is 155 cm³/mol. The Bertz CT molecular complexity index is 1520. The summed E-state index contributed by atoms with van der Waals surface area (Å²) in [5.74, 6) is -0.565. The van der Waals surface area contributed by atoms with Gasteiger partial charge in [-0.15, -0.1) is 0 Å². The molecule has 8 nitrogen and oxygen atoms in total. The molecule has 2 aromatic carbocycles. The third-order valence-electron chi connectivity index (χ3n) is 7.11. The Hall–Kier alpha value is -4.27. The molecule has 2 N–H and O–H groups in total. The number of benzene rings is 2. The third kappa shape index (κ3) is 6.42. The van der Waals surface area contributed by atoms with Crippen molar-refractivity contribution in [2.45, 2.75) is 13.5 Å². The average Bonchev–Trinajstić information content (AvgIpc) is 3.38. The van der Waals surface area contributed by atoms with Gasteiger partial charge in [-0.2, -0.15) is 0 Å². The molecule has 0 aliphatic carbocycles. The average molecular weight is 524 g/mol. The number of carbonyl (C=O) groups is 2. The van der Waals surface area contributed by atoms with E-state index in [0.29, 0.717) is 16.9 Å². The van der Waals surface area contributed by atoms with Crippen LogP contribution in [0.15, 0.2) is 60.8 Å². The van der Waals surface area contributed by atoms with Gasteiger partial charge in [-0.25, -0.2) is 9.78 Å². The smallest absolute Gasteiger partial charge is 0.354 e. The number of aromatic amines is 1. The molecule has 1 aliphatic heterocycles. The zero-order valence-corrected chi connectivity index (χ0v) is 22.5. The number of methoxy groups -OCH3 is 1. The molecule has 1 fully saturated rings. The van der Waals surface area contributed by atoms with Gasteiger partial charge >= 0.3 is 5.97 Å². The van der Waals surface area contributed by atoms with Gasteiger partial charge in [0, 0.05) is 55.6 Å². The van der Waals surface area contributed by atoms with E-state index in [2.05, 4.69) is 32.1 Å². The van der Waals surface area contributed by atoms with E-state index >= 15 is 0 Å². The molecule has 2 aromatic heterocycles. The monoisotopic (exact) mass is 523 g/mol. The van der Waals surface area contributed by atoms with Crippen molar-refractivity contribution in [3.63, 3.8) is 0 Å². The van der Waals surface area contributed by atoms with Crippen LogP contribution in [0.25, 0.3) is 23.2 Å². The molecule has 3 heterocycles. The van der Waals surface area contributed by atoms with Gasteiger partial charge in [0.1, 0.15) is 11.3 Å². The van der Waals surface area contributed by atoms with Gasteiger partial charge < -0.3 is 19.9 Å². The molecule has 1 amide bonds. The molecule has 1 aliphatic rings. The fraction of sp³-hybridized carbons (Fsp3) is 0.258. The SMILES string of the molecule is COC(=O)c1cc2cc(C=Cc3cc(NC(=O)c4ccc(CN5CCN(C)CC5)cc4)ccc3C)cnc2[nH]1. The highest BCUT2D eigenvalue weighted by molar-refractivity contribution is 6.04. The highest BCUT2D eigenvalue weighted by atomic mass is 16.5. The predicted octanol–water partition coefficient (Wildman–Crippen LogP) is 4.83. The maximum absolute atomic E-state index is 12.9. The number of H-pyrrole nitrogens is 1. The summed E-state index contributed by atoms with van der Waals surface area (Å²) in [5, 5.41) is 3.85. The van der Waals surface area contributed by atoms with Crippen LogP contribution in [0.5, 0.6) is 0 Å². The third-order valence-corrected chi connectivity index (χ3v) is 7.11. The Labute approximate surface area is 228 Å². The Morgan fingerprint density at radius 1 is 1.03 bits per heavy atom. The highest BCUT2D eigenvalue weighted by Crippen LogP contribution is 2.21. The minimum Gasteiger partial charge on any atom is -0.464 e. The number of anilines is 1. The number of hydrogen-bond donors (Lipinski definition) is 2. The molecule has 5 rings (SSSR count). The molecule has 1 saturated heterocycles. The second kappa shape index (κ2) is 11.6. The molecule has 0 unspecified atom stereocenters. The van der Waals surface area contributed by atoms with E-state index in [4.69, 9.17) is 4.74 Å². The lowest BCUT2D eigenvalue weighted by molar-refractivity contribution is 0.0595. The minimum absolute atomic E-state index is 0.136. The number of pyridine rings is 1. The number of likely N-dealkylation sites (N-methyl/N-ethyl adjacent to an activating group) is 1. The van der Waals surface area contributed by atoms with Crippen molar-refractivity contribution >= 4 is 40.7 Å². The van der Waals surface area contributed by atoms with Gasteiger partial charge in [-0.05, 0) is 72.6 Å². The van der Waals surface area contributed by atoms with Crippen molar-refractivity contribution in [3.05, 3.63) is 94.3 Å². The second-order valence-corrected chi connectivity index (χ2v) is 10.0. The number of aromatic nitrogens is 2. The van der Waals surface area contributed by atoms with Crippen LogP contribution >= 0.6 is 0 Å². The fourth-order valence-electron chi connectivity index (χ4n) is 4.66. The first-order chi connectivity index (χ1) is 18.9. The Morgan fingerprint density at radius 3 is 2.54 bits per heavy atom. The summed E-state index contributed by atoms with van der Waals surface area (Å²) in [4.78, 5) is 36.9. The van der Waals surface area contributed by atoms with Crippen molar-refractivity contribution in [3.8, 4) is 0 Å². The molecular weight excluding hydrogens is 490 g/mol. The second-order valence-electron chi connectivity index (χ2n) is 10.0. The van der Waals surface area contributed by atoms with Crippen LogP contribution in [0.4, 0.5) is 5.69 Å². The largest absolute Gasteiger partial charge is 0.464 e. The Morgan fingerprint density at radius 2 is 1.79 bits per heavy atom. The quantitative estimate of drug-likeness (QED) is 0.337. The number of esters is 1. The minimum atomic E-state index is -0.429. The zero-order chi connectivity index (χ0) is 27.4. The maximum atomic E-state index is 12.9. The van der Waals surface area contributed by atoms with Crippen LogP contribution in [-0.4, -0.2) is 72.0 Å². The molecule has 39 heavy (non-hydrogen) atoms. The highest BCUT2D eigenvalue weighted by Gasteiger charge is 2.14. The van der Waals surface area contributed by atoms with Gasteiger partial charge in [0.15, 0.2) is 0 Å². The summed E-state index contributed by atoms with van der Waals surface area (Å²) in [6, 6.07) is 17.4. The van der Waals surface area contributed by atoms with Crippen molar-refractivity contribution in [1.82, 2.24) is 19.8 Å². The van der Waals surface area contributed by atoms with E-state index in [-0.39, 0.29) is 5.91 Å². The van der Waals surface area contributed by atoms with Crippen LogP contribution in [0.1, 0.15) is 43.1 Å². The van der Waals surface area contributed by atoms with Crippen LogP contribution in [0.3, 0.4) is 0 Å². The molecule has 0 radical (unpaired) electrons. The number of piperazine rings is 1. The van der Waals surface area contributed by atoms with Gasteiger partial charge in [-0.3, -0.25) is 9.69 Å². The van der Waals surface area contributed by atoms with E-state index < -0.39 is 5.97 Å². The number of hydrogen-bond acceptors (Lipinski definition) is 6. The number of nitrogens with zero attached hydrogens (tertiary/aromatic N) is 3. The van der Waals surface area contributed by atoms with Crippen molar-refractivity contribution in [1.29, 1.82) is 0 Å². The summed E-state index contributed by atoms with van der Waals surface area (Å²) < 4.78 is 4.77. The zero-order valence-electron chi connectivity index (χ0n) is 22.5. The van der Waals surface area contributed by atoms with Gasteiger partial charge in [0.05, 0.1) is 7.11 Å². The van der Waals surface area contributed by atoms with Crippen molar-refractivity contribution in [2.75, 3.05) is 45.7 Å². The number of rotatable bonds is 7. The summed E-state index contributed by atoms with van der Waals surface area (Å²) in [5.41, 5.74) is 6.53. The number of fused-ring (bicyclic) bond motifs is 1. The van der Waals surface area contributed by atoms with Crippen LogP contribution in [0.2, 0.25) is 0 Å². The van der Waals surface area contributed by atoms with Gasteiger partial charge in [0.2, 0.25) is 0 Å². The first-order valence-electron chi connectivity index (χ1n) is 13.0. The van der Waals surface area contributed by atoms with Crippen LogP contribution in [0, 0.1) is 6.92 Å². The molecule has 4 aromatic rings. The Balaban J connectivity index is 1.24. The van der Waals surface area contributed by atoms with E-state index in [1.165, 1.54) is 12.7 Å². The molecule has 0 atom stereocenters. The molecule has 0 bridgehead atoms. The lowest BCUT2D eigenvalue weighted by Gasteiger charge is -2.32. The fourth-order valence-corrected chi connectivity index (χ4v) is 4.66. The number of ether oxygens (including phenoxy) is 1. The summed E-state index contributed by atoms with van der Waals surface area (Å²) in [7, 11) is 3.50. The first-order valence-corrected chi connectivity index (χ1v) is 13.0. The standard InChI is InChI=1S/C31H33N5O3/c1-21-4-11-27(33-30(37)24-8-5-22(6-9-24)20-36-14-12-35(2)13-15-36)17-25(21)10-7-23-16-26-18-28(31(38)39-3)34-29(26)32-19-23/h4-11,16-19H,12-15,20H2,1-3H3,(H,32,34)(H,33,37). The molecule has 0 spiro atoms. The van der Waals surface area contributed by atoms with E-state index in [9.17, 15) is 9.59 Å². The van der Waals surface area contributed by atoms with Crippen molar-refractivity contribution < 1.29 is 14.3 Å². The van der Waals surface area contributed by atoms with Crippen LogP contribution < -0.4 is 5.32 Å². The number of nitrogens with one attached hydrogen (secondary N) is 2. The topological polar surface area (TPSA) is 90.6 Å². The van der Waals surface area contributed by atoms with Crippen LogP contribution in [-0.2, 0) is 11.3 Å². The summed E-state index contributed by atoms with van der Waals surface area (Å²) >= 11 is 0. The van der Waals surface area contributed by atoms with Crippen molar-refractivity contribution in [2.24, 2.45) is 0 Å². The Kier molecular flexibility index (Phi) is 7.86. The summed E-state index contributed by atoms with van der Waals surface area (Å²) in [6.45, 7) is 7.24. The van der Waals surface area contributed by atoms with E-state index in [1.54, 1.807) is 12.3 Å². The summed E-state index contributed by atoms with van der Waals surface area (Å²) in [6.07, 6.45) is 5.70. The number of carbonyl (C=O) groups excluding carboxylic acids is 2. The van der Waals surface area contributed by atoms with E-state index in [0.717, 1.165) is 60.5 Å². The van der Waals surface area contributed by atoms with Gasteiger partial charge in [-0.1, -0.05) is 30.4 Å². The molecule has 200 valence electrons. The number of aryl methyl sites for hydroxylation is 1. The number of amides is 1. The lowest BCUT2D eigenvalue weighted by atomic mass is 10.1. The maximum Gasteiger partial charge on any atom is 0.354 e. The molecule has 0 saturated carbocycles. The normalized spacial score (nSPS) is 14.6. The van der Waals surface area contributed by atoms with E-state index in [1.807, 2.05) is 67.6 Å². The first kappa shape index (κ1) is 26.3. The lowest BCUT2D eigenvalue weighted by Crippen LogP contribution is -2.43. The molecular formula is C31H33N5O3.